The van der Waals surface area contributed by atoms with Crippen molar-refractivity contribution in [3.63, 3.8) is 0 Å². The summed E-state index contributed by atoms with van der Waals surface area (Å²) in [5, 5.41) is 10.9. The van der Waals surface area contributed by atoms with E-state index in [-0.39, 0.29) is 10.6 Å². The van der Waals surface area contributed by atoms with Crippen LogP contribution in [0.15, 0.2) is 23.1 Å². The molecule has 0 unspecified atom stereocenters. The second-order valence-corrected chi connectivity index (χ2v) is 8.90. The number of aryl methyl sites for hydroxylation is 1. The van der Waals surface area contributed by atoms with E-state index < -0.39 is 14.9 Å². The van der Waals surface area contributed by atoms with Gasteiger partial charge in [0.25, 0.3) is 5.69 Å². The molecule has 140 valence electrons. The number of benzene rings is 1. The van der Waals surface area contributed by atoms with E-state index in [1.807, 2.05) is 0 Å². The predicted octanol–water partition coefficient (Wildman–Crippen LogP) is 2.55. The van der Waals surface area contributed by atoms with Crippen LogP contribution in [0.3, 0.4) is 0 Å². The molecule has 1 aromatic rings. The molecule has 0 amide bonds. The summed E-state index contributed by atoms with van der Waals surface area (Å²) in [5.41, 5.74) is 0.277. The molecule has 8 heteroatoms. The van der Waals surface area contributed by atoms with Crippen molar-refractivity contribution >= 4 is 15.7 Å². The SMILES string of the molecule is Cc1ccc([N+](=O)[O-])cc1S(=O)(=O)NCCCN1C[C@H](C)C[C@H](C)C1. The minimum Gasteiger partial charge on any atom is -0.303 e. The quantitative estimate of drug-likeness (QED) is 0.453. The average molecular weight is 369 g/mol. The third-order valence-corrected chi connectivity index (χ3v) is 6.16. The van der Waals surface area contributed by atoms with Crippen molar-refractivity contribution in [2.45, 2.75) is 38.5 Å². The first-order valence-corrected chi connectivity index (χ1v) is 10.1. The van der Waals surface area contributed by atoms with E-state index in [1.165, 1.54) is 18.6 Å². The van der Waals surface area contributed by atoms with Gasteiger partial charge in [-0.25, -0.2) is 13.1 Å². The Hall–Kier alpha value is -1.51. The van der Waals surface area contributed by atoms with Gasteiger partial charge >= 0.3 is 0 Å². The predicted molar refractivity (Wildman–Crippen MR) is 97.0 cm³/mol. The zero-order valence-electron chi connectivity index (χ0n) is 15.1. The Morgan fingerprint density at radius 2 is 1.92 bits per heavy atom. The molecule has 1 aliphatic heterocycles. The fourth-order valence-electron chi connectivity index (χ4n) is 3.55. The first-order valence-electron chi connectivity index (χ1n) is 8.66. The summed E-state index contributed by atoms with van der Waals surface area (Å²) in [4.78, 5) is 12.6. The zero-order chi connectivity index (χ0) is 18.6. The molecule has 1 saturated heterocycles. The van der Waals surface area contributed by atoms with Gasteiger partial charge in [0.2, 0.25) is 10.0 Å². The minimum absolute atomic E-state index is 0.0260. The second kappa shape index (κ2) is 8.25. The van der Waals surface area contributed by atoms with E-state index in [4.69, 9.17) is 0 Å². The minimum atomic E-state index is -3.74. The van der Waals surface area contributed by atoms with E-state index in [9.17, 15) is 18.5 Å². The average Bonchev–Trinajstić information content (AvgIpc) is 2.50. The van der Waals surface area contributed by atoms with Gasteiger partial charge < -0.3 is 4.90 Å². The largest absolute Gasteiger partial charge is 0.303 e. The number of hydrogen-bond acceptors (Lipinski definition) is 5. The number of nitro groups is 1. The normalized spacial score (nSPS) is 22.0. The van der Waals surface area contributed by atoms with Crippen LogP contribution in [0.4, 0.5) is 5.69 Å². The second-order valence-electron chi connectivity index (χ2n) is 7.16. The summed E-state index contributed by atoms with van der Waals surface area (Å²) in [7, 11) is -3.74. The number of sulfonamides is 1. The van der Waals surface area contributed by atoms with Crippen molar-refractivity contribution in [1.29, 1.82) is 0 Å². The lowest BCUT2D eigenvalue weighted by molar-refractivity contribution is -0.385. The van der Waals surface area contributed by atoms with Crippen molar-refractivity contribution in [2.24, 2.45) is 11.8 Å². The summed E-state index contributed by atoms with van der Waals surface area (Å²) < 4.78 is 27.4. The Morgan fingerprint density at radius 3 is 2.52 bits per heavy atom. The van der Waals surface area contributed by atoms with E-state index in [2.05, 4.69) is 23.5 Å². The van der Waals surface area contributed by atoms with Crippen LogP contribution in [0.25, 0.3) is 0 Å². The number of nitrogens with zero attached hydrogens (tertiary/aromatic N) is 2. The van der Waals surface area contributed by atoms with Crippen molar-refractivity contribution < 1.29 is 13.3 Å². The van der Waals surface area contributed by atoms with Crippen LogP contribution >= 0.6 is 0 Å². The number of hydrogen-bond donors (Lipinski definition) is 1. The van der Waals surface area contributed by atoms with Crippen molar-refractivity contribution in [2.75, 3.05) is 26.2 Å². The highest BCUT2D eigenvalue weighted by Gasteiger charge is 2.22. The van der Waals surface area contributed by atoms with Crippen molar-refractivity contribution in [3.05, 3.63) is 33.9 Å². The standard InChI is InChI=1S/C17H27N3O4S/c1-13-9-14(2)12-19(11-13)8-4-7-18-25(23,24)17-10-16(20(21)22)6-5-15(17)3/h5-6,10,13-14,18H,4,7-9,11-12H2,1-3H3/t13-,14+. The summed E-state index contributed by atoms with van der Waals surface area (Å²) in [6, 6.07) is 3.89. The Labute approximate surface area is 149 Å². The summed E-state index contributed by atoms with van der Waals surface area (Å²) >= 11 is 0. The molecule has 0 aromatic heterocycles. The fraction of sp³-hybridized carbons (Fsp3) is 0.647. The van der Waals surface area contributed by atoms with Gasteiger partial charge in [0, 0.05) is 31.8 Å². The highest BCUT2D eigenvalue weighted by molar-refractivity contribution is 7.89. The van der Waals surface area contributed by atoms with Crippen LogP contribution in [0.1, 0.15) is 32.3 Å². The Bertz CT molecular complexity index is 711. The molecule has 1 fully saturated rings. The third-order valence-electron chi connectivity index (χ3n) is 4.56. The maximum Gasteiger partial charge on any atom is 0.270 e. The molecular weight excluding hydrogens is 342 g/mol. The van der Waals surface area contributed by atoms with E-state index >= 15 is 0 Å². The molecule has 0 aliphatic carbocycles. The molecule has 1 aliphatic rings. The smallest absolute Gasteiger partial charge is 0.270 e. The molecule has 0 saturated carbocycles. The number of nitrogens with one attached hydrogen (secondary N) is 1. The molecule has 25 heavy (non-hydrogen) atoms. The number of rotatable bonds is 7. The van der Waals surface area contributed by atoms with Gasteiger partial charge in [0.1, 0.15) is 0 Å². The Kier molecular flexibility index (Phi) is 6.53. The zero-order valence-corrected chi connectivity index (χ0v) is 15.9. The van der Waals surface area contributed by atoms with E-state index in [0.29, 0.717) is 30.4 Å². The Balaban J connectivity index is 1.91. The number of piperidine rings is 1. The summed E-state index contributed by atoms with van der Waals surface area (Å²) in [5.74, 6) is 1.35. The highest BCUT2D eigenvalue weighted by Crippen LogP contribution is 2.22. The third kappa shape index (κ3) is 5.49. The van der Waals surface area contributed by atoms with Gasteiger partial charge in [-0.3, -0.25) is 10.1 Å². The van der Waals surface area contributed by atoms with Crippen LogP contribution in [0.2, 0.25) is 0 Å². The maximum atomic E-state index is 12.4. The first-order chi connectivity index (χ1) is 11.7. The molecule has 2 atom stereocenters. The highest BCUT2D eigenvalue weighted by atomic mass is 32.2. The summed E-state index contributed by atoms with van der Waals surface area (Å²) in [6.07, 6.45) is 1.96. The van der Waals surface area contributed by atoms with Crippen molar-refractivity contribution in [3.8, 4) is 0 Å². The summed E-state index contributed by atoms with van der Waals surface area (Å²) in [6.45, 7) is 9.42. The lowest BCUT2D eigenvalue weighted by Crippen LogP contribution is -2.40. The van der Waals surface area contributed by atoms with Crippen LogP contribution in [-0.2, 0) is 10.0 Å². The molecule has 1 N–H and O–H groups in total. The van der Waals surface area contributed by atoms with Gasteiger partial charge in [-0.05, 0) is 43.7 Å². The molecule has 0 spiro atoms. The number of likely N-dealkylation sites (tertiary alicyclic amines) is 1. The molecule has 1 heterocycles. The monoisotopic (exact) mass is 369 g/mol. The van der Waals surface area contributed by atoms with E-state index in [1.54, 1.807) is 6.92 Å². The van der Waals surface area contributed by atoms with Gasteiger partial charge in [0.05, 0.1) is 9.82 Å². The van der Waals surface area contributed by atoms with Crippen LogP contribution in [-0.4, -0.2) is 44.4 Å². The number of nitro benzene ring substituents is 1. The fourth-order valence-corrected chi connectivity index (χ4v) is 4.89. The maximum absolute atomic E-state index is 12.4. The van der Waals surface area contributed by atoms with Crippen LogP contribution in [0.5, 0.6) is 0 Å². The van der Waals surface area contributed by atoms with Crippen LogP contribution < -0.4 is 4.72 Å². The molecule has 0 radical (unpaired) electrons. The first kappa shape index (κ1) is 19.8. The molecule has 1 aromatic carbocycles. The molecule has 7 nitrogen and oxygen atoms in total. The molecule has 2 rings (SSSR count). The van der Waals surface area contributed by atoms with Crippen molar-refractivity contribution in [1.82, 2.24) is 9.62 Å². The Morgan fingerprint density at radius 1 is 1.28 bits per heavy atom. The van der Waals surface area contributed by atoms with Gasteiger partial charge in [0.15, 0.2) is 0 Å². The molecule has 0 bridgehead atoms. The number of non-ortho nitro benzene ring substituents is 1. The van der Waals surface area contributed by atoms with Gasteiger partial charge in [-0.1, -0.05) is 19.9 Å². The van der Waals surface area contributed by atoms with Gasteiger partial charge in [-0.15, -0.1) is 0 Å². The van der Waals surface area contributed by atoms with Gasteiger partial charge in [-0.2, -0.15) is 0 Å². The molecular formula is C17H27N3O4S. The van der Waals surface area contributed by atoms with Crippen LogP contribution in [0, 0.1) is 28.9 Å². The lowest BCUT2D eigenvalue weighted by atomic mass is 9.92. The topological polar surface area (TPSA) is 92.5 Å². The van der Waals surface area contributed by atoms with E-state index in [0.717, 1.165) is 25.7 Å². The lowest BCUT2D eigenvalue weighted by Gasteiger charge is -2.34.